The molecule has 0 unspecified atom stereocenters. The number of benzene rings is 1. The molecule has 2 heterocycles. The summed E-state index contributed by atoms with van der Waals surface area (Å²) >= 11 is 5.20. The maximum atomic E-state index is 5.46. The fourth-order valence-corrected chi connectivity index (χ4v) is 2.25. The first-order valence-corrected chi connectivity index (χ1v) is 6.97. The minimum atomic E-state index is 0.335. The van der Waals surface area contributed by atoms with Crippen molar-refractivity contribution in [3.63, 3.8) is 0 Å². The Labute approximate surface area is 127 Å². The SMILES string of the molecule is CN(Cc1ccccc1)Cn1nc(-c2ccco2)oc1=S. The molecule has 0 aliphatic heterocycles. The predicted molar refractivity (Wildman–Crippen MR) is 80.9 cm³/mol. The molecule has 0 radical (unpaired) electrons. The van der Waals surface area contributed by atoms with Crippen molar-refractivity contribution in [1.29, 1.82) is 0 Å². The standard InChI is InChI=1S/C15H15N3O2S/c1-17(10-12-6-3-2-4-7-12)11-18-15(21)20-14(16-18)13-8-5-9-19-13/h2-9H,10-11H2,1H3. The molecule has 5 nitrogen and oxygen atoms in total. The Morgan fingerprint density at radius 3 is 2.71 bits per heavy atom. The van der Waals surface area contributed by atoms with Gasteiger partial charge in [0.15, 0.2) is 5.76 Å². The Hall–Kier alpha value is -2.18. The second kappa shape index (κ2) is 6.07. The lowest BCUT2D eigenvalue weighted by Crippen LogP contribution is -2.22. The summed E-state index contributed by atoms with van der Waals surface area (Å²) in [6.07, 6.45) is 1.58. The first-order chi connectivity index (χ1) is 10.2. The van der Waals surface area contributed by atoms with Crippen LogP contribution in [0.15, 0.2) is 57.6 Å². The highest BCUT2D eigenvalue weighted by molar-refractivity contribution is 7.71. The van der Waals surface area contributed by atoms with Gasteiger partial charge >= 0.3 is 0 Å². The van der Waals surface area contributed by atoms with Gasteiger partial charge in [-0.3, -0.25) is 4.90 Å². The van der Waals surface area contributed by atoms with E-state index < -0.39 is 0 Å². The van der Waals surface area contributed by atoms with Crippen molar-refractivity contribution in [2.75, 3.05) is 7.05 Å². The van der Waals surface area contributed by atoms with Crippen LogP contribution in [0, 0.1) is 4.84 Å². The molecular weight excluding hydrogens is 286 g/mol. The average Bonchev–Trinajstić information content (AvgIpc) is 3.10. The minimum absolute atomic E-state index is 0.335. The molecule has 2 aromatic heterocycles. The van der Waals surface area contributed by atoms with Crippen molar-refractivity contribution < 1.29 is 8.83 Å². The van der Waals surface area contributed by atoms with Gasteiger partial charge in [0.1, 0.15) is 0 Å². The van der Waals surface area contributed by atoms with Gasteiger partial charge in [-0.2, -0.15) is 0 Å². The molecule has 0 N–H and O–H groups in total. The monoisotopic (exact) mass is 301 g/mol. The van der Waals surface area contributed by atoms with E-state index in [0.29, 0.717) is 23.2 Å². The van der Waals surface area contributed by atoms with Crippen molar-refractivity contribution in [3.05, 3.63) is 59.1 Å². The molecule has 0 amide bonds. The zero-order valence-corrected chi connectivity index (χ0v) is 12.4. The molecule has 1 aromatic carbocycles. The van der Waals surface area contributed by atoms with Crippen LogP contribution in [-0.4, -0.2) is 21.7 Å². The molecule has 0 saturated carbocycles. The first kappa shape index (κ1) is 13.8. The van der Waals surface area contributed by atoms with Gasteiger partial charge in [-0.15, -0.1) is 5.10 Å². The number of hydrogen-bond acceptors (Lipinski definition) is 5. The molecule has 0 aliphatic carbocycles. The van der Waals surface area contributed by atoms with Crippen molar-refractivity contribution in [2.24, 2.45) is 0 Å². The summed E-state index contributed by atoms with van der Waals surface area (Å²) in [6, 6.07) is 13.8. The van der Waals surface area contributed by atoms with Gasteiger partial charge in [-0.05, 0) is 37.0 Å². The van der Waals surface area contributed by atoms with E-state index >= 15 is 0 Å². The molecular formula is C15H15N3O2S. The normalized spacial score (nSPS) is 11.1. The van der Waals surface area contributed by atoms with Crippen LogP contribution in [0.4, 0.5) is 0 Å². The Kier molecular flexibility index (Phi) is 3.98. The molecule has 0 atom stereocenters. The molecule has 0 bridgehead atoms. The summed E-state index contributed by atoms with van der Waals surface area (Å²) in [7, 11) is 2.01. The van der Waals surface area contributed by atoms with E-state index in [2.05, 4.69) is 22.1 Å². The molecule has 0 spiro atoms. The maximum absolute atomic E-state index is 5.46. The van der Waals surface area contributed by atoms with Crippen molar-refractivity contribution in [1.82, 2.24) is 14.7 Å². The smallest absolute Gasteiger partial charge is 0.288 e. The summed E-state index contributed by atoms with van der Waals surface area (Å²) in [5.41, 5.74) is 1.24. The first-order valence-electron chi connectivity index (χ1n) is 6.56. The molecule has 0 saturated heterocycles. The van der Waals surface area contributed by atoms with E-state index in [1.165, 1.54) is 5.56 Å². The van der Waals surface area contributed by atoms with Crippen molar-refractivity contribution >= 4 is 12.2 Å². The molecule has 6 heteroatoms. The quantitative estimate of drug-likeness (QED) is 0.674. The Morgan fingerprint density at radius 1 is 1.19 bits per heavy atom. The van der Waals surface area contributed by atoms with Crippen LogP contribution in [0.1, 0.15) is 5.56 Å². The van der Waals surface area contributed by atoms with E-state index in [-0.39, 0.29) is 0 Å². The number of hydrogen-bond donors (Lipinski definition) is 0. The summed E-state index contributed by atoms with van der Waals surface area (Å²) in [4.78, 5) is 2.45. The van der Waals surface area contributed by atoms with Crippen LogP contribution in [0.5, 0.6) is 0 Å². The van der Waals surface area contributed by atoms with Gasteiger partial charge in [0, 0.05) is 6.54 Å². The second-order valence-corrected chi connectivity index (χ2v) is 5.14. The largest absolute Gasteiger partial charge is 0.459 e. The molecule has 0 aliphatic rings. The topological polar surface area (TPSA) is 47.3 Å². The zero-order valence-electron chi connectivity index (χ0n) is 11.6. The summed E-state index contributed by atoms with van der Waals surface area (Å²) in [5.74, 6) is 0.976. The van der Waals surface area contributed by atoms with E-state index in [1.54, 1.807) is 23.1 Å². The highest BCUT2D eigenvalue weighted by atomic mass is 32.1. The highest BCUT2D eigenvalue weighted by Crippen LogP contribution is 2.18. The Balaban J connectivity index is 1.72. The lowest BCUT2D eigenvalue weighted by Gasteiger charge is -2.15. The number of rotatable bonds is 5. The fraction of sp³-hybridized carbons (Fsp3) is 0.200. The Morgan fingerprint density at radius 2 is 2.00 bits per heavy atom. The Bertz CT molecular complexity index is 747. The summed E-state index contributed by atoms with van der Waals surface area (Å²) in [5, 5.41) is 4.34. The molecule has 3 aromatic rings. The number of furan rings is 1. The zero-order chi connectivity index (χ0) is 14.7. The van der Waals surface area contributed by atoms with Crippen LogP contribution in [0.3, 0.4) is 0 Å². The average molecular weight is 301 g/mol. The molecule has 0 fully saturated rings. The van der Waals surface area contributed by atoms with E-state index in [0.717, 1.165) is 6.54 Å². The van der Waals surface area contributed by atoms with Crippen molar-refractivity contribution in [2.45, 2.75) is 13.2 Å². The van der Waals surface area contributed by atoms with Crippen molar-refractivity contribution in [3.8, 4) is 11.7 Å². The maximum Gasteiger partial charge on any atom is 0.288 e. The predicted octanol–water partition coefficient (Wildman–Crippen LogP) is 3.56. The molecule has 108 valence electrons. The molecule has 21 heavy (non-hydrogen) atoms. The summed E-state index contributed by atoms with van der Waals surface area (Å²) in [6.45, 7) is 1.36. The highest BCUT2D eigenvalue weighted by Gasteiger charge is 2.11. The minimum Gasteiger partial charge on any atom is -0.459 e. The third-order valence-electron chi connectivity index (χ3n) is 3.01. The van der Waals surface area contributed by atoms with E-state index in [1.807, 2.05) is 25.2 Å². The number of aromatic nitrogens is 2. The lowest BCUT2D eigenvalue weighted by atomic mass is 10.2. The third kappa shape index (κ3) is 3.29. The lowest BCUT2D eigenvalue weighted by molar-refractivity contribution is 0.240. The van der Waals surface area contributed by atoms with Crippen LogP contribution in [0.2, 0.25) is 0 Å². The van der Waals surface area contributed by atoms with Gasteiger partial charge in [0.05, 0.1) is 12.9 Å². The number of nitrogens with zero attached hydrogens (tertiary/aromatic N) is 3. The van der Waals surface area contributed by atoms with Crippen LogP contribution in [0.25, 0.3) is 11.7 Å². The van der Waals surface area contributed by atoms with Gasteiger partial charge in [0.25, 0.3) is 10.7 Å². The molecule has 3 rings (SSSR count). The second-order valence-electron chi connectivity index (χ2n) is 4.79. The summed E-state index contributed by atoms with van der Waals surface area (Å²) < 4.78 is 12.4. The fourth-order valence-electron chi connectivity index (χ4n) is 2.07. The van der Waals surface area contributed by atoms with Gasteiger partial charge < -0.3 is 8.83 Å². The van der Waals surface area contributed by atoms with Gasteiger partial charge in [-0.25, -0.2) is 4.68 Å². The van der Waals surface area contributed by atoms with Crippen LogP contribution < -0.4 is 0 Å². The van der Waals surface area contributed by atoms with Gasteiger partial charge in [0.2, 0.25) is 0 Å². The van der Waals surface area contributed by atoms with Crippen LogP contribution >= 0.6 is 12.2 Å². The van der Waals surface area contributed by atoms with Gasteiger partial charge in [-0.1, -0.05) is 30.3 Å². The van der Waals surface area contributed by atoms with E-state index in [9.17, 15) is 0 Å². The van der Waals surface area contributed by atoms with Crippen LogP contribution in [-0.2, 0) is 13.2 Å². The third-order valence-corrected chi connectivity index (χ3v) is 3.30. The van der Waals surface area contributed by atoms with E-state index in [4.69, 9.17) is 21.1 Å².